The van der Waals surface area contributed by atoms with Gasteiger partial charge in [-0.3, -0.25) is 14.4 Å². The van der Waals surface area contributed by atoms with Crippen molar-refractivity contribution in [2.24, 2.45) is 11.7 Å². The number of hydrogen-bond donors (Lipinski definition) is 7. The maximum absolute atomic E-state index is 13.0. The van der Waals surface area contributed by atoms with Crippen molar-refractivity contribution in [2.45, 2.75) is 63.9 Å². The molecule has 1 aromatic rings. The Morgan fingerprint density at radius 3 is 1.97 bits per heavy atom. The van der Waals surface area contributed by atoms with E-state index in [1.807, 2.05) is 13.8 Å². The third kappa shape index (κ3) is 9.56. The number of nitrogens with two attached hydrogens (primary N) is 1. The van der Waals surface area contributed by atoms with Gasteiger partial charge in [-0.15, -0.1) is 0 Å². The number of aliphatic hydroxyl groups excluding tert-OH is 2. The van der Waals surface area contributed by atoms with E-state index in [2.05, 4.69) is 16.0 Å². The minimum Gasteiger partial charge on any atom is -0.480 e. The van der Waals surface area contributed by atoms with Gasteiger partial charge in [0.05, 0.1) is 12.7 Å². The molecular formula is C22H34N4O7. The molecule has 0 aliphatic heterocycles. The van der Waals surface area contributed by atoms with Crippen LogP contribution in [0.1, 0.15) is 32.8 Å². The van der Waals surface area contributed by atoms with Crippen LogP contribution in [0.3, 0.4) is 0 Å². The predicted molar refractivity (Wildman–Crippen MR) is 120 cm³/mol. The van der Waals surface area contributed by atoms with Crippen LogP contribution in [0.25, 0.3) is 0 Å². The zero-order chi connectivity index (χ0) is 25.1. The number of carboxylic acid groups (broad SMARTS) is 1. The van der Waals surface area contributed by atoms with Crippen LogP contribution < -0.4 is 21.7 Å². The first-order valence-corrected chi connectivity index (χ1v) is 10.7. The highest BCUT2D eigenvalue weighted by Crippen LogP contribution is 2.08. The van der Waals surface area contributed by atoms with E-state index in [1.165, 1.54) is 6.92 Å². The normalized spacial score (nSPS) is 15.6. The highest BCUT2D eigenvalue weighted by molar-refractivity contribution is 5.94. The number of aliphatic carboxylic acids is 1. The monoisotopic (exact) mass is 466 g/mol. The van der Waals surface area contributed by atoms with Crippen molar-refractivity contribution < 1.29 is 34.5 Å². The van der Waals surface area contributed by atoms with Crippen molar-refractivity contribution in [2.75, 3.05) is 6.61 Å². The Balaban J connectivity index is 3.09. The van der Waals surface area contributed by atoms with E-state index in [1.54, 1.807) is 30.3 Å². The van der Waals surface area contributed by atoms with Crippen LogP contribution in [0, 0.1) is 5.92 Å². The number of amides is 3. The van der Waals surface area contributed by atoms with Gasteiger partial charge < -0.3 is 37.0 Å². The lowest BCUT2D eigenvalue weighted by Gasteiger charge is -2.26. The zero-order valence-corrected chi connectivity index (χ0v) is 19.0. The first kappa shape index (κ1) is 28.0. The molecule has 5 unspecified atom stereocenters. The molecule has 0 heterocycles. The Kier molecular flexibility index (Phi) is 11.5. The molecule has 0 aliphatic carbocycles. The molecule has 0 aliphatic rings. The fourth-order valence-corrected chi connectivity index (χ4v) is 3.03. The van der Waals surface area contributed by atoms with E-state index in [9.17, 15) is 29.4 Å². The number of carbonyl (C=O) groups excluding carboxylic acids is 3. The summed E-state index contributed by atoms with van der Waals surface area (Å²) in [6.07, 6.45) is -1.10. The largest absolute Gasteiger partial charge is 0.480 e. The number of carbonyl (C=O) groups is 4. The van der Waals surface area contributed by atoms with E-state index in [4.69, 9.17) is 10.8 Å². The maximum Gasteiger partial charge on any atom is 0.326 e. The Labute approximate surface area is 192 Å². The summed E-state index contributed by atoms with van der Waals surface area (Å²) in [6, 6.07) is 3.68. The molecule has 5 atom stereocenters. The van der Waals surface area contributed by atoms with Crippen molar-refractivity contribution in [1.29, 1.82) is 0 Å². The molecular weight excluding hydrogens is 432 g/mol. The Morgan fingerprint density at radius 2 is 1.48 bits per heavy atom. The van der Waals surface area contributed by atoms with Crippen molar-refractivity contribution in [1.82, 2.24) is 16.0 Å². The second-order valence-electron chi connectivity index (χ2n) is 8.30. The molecule has 8 N–H and O–H groups in total. The lowest BCUT2D eigenvalue weighted by molar-refractivity contribution is -0.143. The van der Waals surface area contributed by atoms with Gasteiger partial charge in [-0.1, -0.05) is 44.2 Å². The molecule has 0 saturated heterocycles. The number of nitrogens with one attached hydrogen (secondary N) is 3. The van der Waals surface area contributed by atoms with Crippen LogP contribution in [-0.4, -0.2) is 75.9 Å². The van der Waals surface area contributed by atoms with Crippen molar-refractivity contribution >= 4 is 23.7 Å². The summed E-state index contributed by atoms with van der Waals surface area (Å²) in [7, 11) is 0. The Morgan fingerprint density at radius 1 is 0.909 bits per heavy atom. The fraction of sp³-hybridized carbons (Fsp3) is 0.545. The minimum atomic E-state index is -1.45. The van der Waals surface area contributed by atoms with Crippen molar-refractivity contribution in [3.63, 3.8) is 0 Å². The topological polar surface area (TPSA) is 191 Å². The van der Waals surface area contributed by atoms with Crippen LogP contribution in [-0.2, 0) is 25.6 Å². The molecule has 33 heavy (non-hydrogen) atoms. The van der Waals surface area contributed by atoms with Crippen molar-refractivity contribution in [3.8, 4) is 0 Å². The van der Waals surface area contributed by atoms with Crippen molar-refractivity contribution in [3.05, 3.63) is 35.9 Å². The second kappa shape index (κ2) is 13.5. The molecule has 0 fully saturated rings. The van der Waals surface area contributed by atoms with Gasteiger partial charge in [0, 0.05) is 6.42 Å². The zero-order valence-electron chi connectivity index (χ0n) is 19.0. The van der Waals surface area contributed by atoms with Gasteiger partial charge in [-0.05, 0) is 24.8 Å². The third-order valence-corrected chi connectivity index (χ3v) is 4.83. The van der Waals surface area contributed by atoms with E-state index in [-0.39, 0.29) is 18.8 Å². The van der Waals surface area contributed by atoms with E-state index >= 15 is 0 Å². The molecule has 3 amide bonds. The molecule has 0 radical (unpaired) electrons. The van der Waals surface area contributed by atoms with Gasteiger partial charge in [-0.25, -0.2) is 4.79 Å². The minimum absolute atomic E-state index is 0.000806. The lowest BCUT2D eigenvalue weighted by atomic mass is 10.0. The summed E-state index contributed by atoms with van der Waals surface area (Å²) in [6.45, 7) is 4.24. The SMILES string of the molecule is CC(C)CC(NC(=O)C(Cc1ccccc1)NC(=O)C(NC(=O)C(N)CO)C(C)O)C(=O)O. The van der Waals surface area contributed by atoms with Gasteiger partial charge in [0.25, 0.3) is 0 Å². The maximum atomic E-state index is 13.0. The predicted octanol–water partition coefficient (Wildman–Crippen LogP) is -1.49. The molecule has 11 nitrogen and oxygen atoms in total. The van der Waals surface area contributed by atoms with Crippen LogP contribution in [0.4, 0.5) is 0 Å². The summed E-state index contributed by atoms with van der Waals surface area (Å²) in [5, 5.41) is 35.6. The second-order valence-corrected chi connectivity index (χ2v) is 8.30. The van der Waals surface area contributed by atoms with Gasteiger partial charge in [-0.2, -0.15) is 0 Å². The number of benzene rings is 1. The number of hydrogen-bond acceptors (Lipinski definition) is 7. The van der Waals surface area contributed by atoms with E-state index < -0.39 is 60.6 Å². The van der Waals surface area contributed by atoms with Crippen LogP contribution >= 0.6 is 0 Å². The smallest absolute Gasteiger partial charge is 0.326 e. The highest BCUT2D eigenvalue weighted by Gasteiger charge is 2.32. The average Bonchev–Trinajstić information content (AvgIpc) is 2.75. The third-order valence-electron chi connectivity index (χ3n) is 4.83. The summed E-state index contributed by atoms with van der Waals surface area (Å²) in [5.74, 6) is -3.64. The summed E-state index contributed by atoms with van der Waals surface area (Å²) >= 11 is 0. The summed E-state index contributed by atoms with van der Waals surface area (Å²) < 4.78 is 0. The van der Waals surface area contributed by atoms with Crippen LogP contribution in [0.15, 0.2) is 30.3 Å². The number of rotatable bonds is 13. The number of carboxylic acids is 1. The first-order valence-electron chi connectivity index (χ1n) is 10.7. The summed E-state index contributed by atoms with van der Waals surface area (Å²) in [5.41, 5.74) is 6.15. The fourth-order valence-electron chi connectivity index (χ4n) is 3.03. The molecule has 184 valence electrons. The van der Waals surface area contributed by atoms with Crippen LogP contribution in [0.5, 0.6) is 0 Å². The van der Waals surface area contributed by atoms with Gasteiger partial charge >= 0.3 is 5.97 Å². The molecule has 1 rings (SSSR count). The number of aliphatic hydroxyl groups is 2. The van der Waals surface area contributed by atoms with Gasteiger partial charge in [0.15, 0.2) is 0 Å². The summed E-state index contributed by atoms with van der Waals surface area (Å²) in [4.78, 5) is 49.4. The average molecular weight is 467 g/mol. The molecule has 11 heteroatoms. The van der Waals surface area contributed by atoms with E-state index in [0.29, 0.717) is 5.56 Å². The highest BCUT2D eigenvalue weighted by atomic mass is 16.4. The lowest BCUT2D eigenvalue weighted by Crippen LogP contribution is -2.60. The van der Waals surface area contributed by atoms with Crippen LogP contribution in [0.2, 0.25) is 0 Å². The molecule has 0 spiro atoms. The van der Waals surface area contributed by atoms with E-state index in [0.717, 1.165) is 0 Å². The van der Waals surface area contributed by atoms with Gasteiger partial charge in [0.2, 0.25) is 17.7 Å². The Bertz CT molecular complexity index is 801. The quantitative estimate of drug-likeness (QED) is 0.183. The Hall–Kier alpha value is -3.02. The van der Waals surface area contributed by atoms with Gasteiger partial charge in [0.1, 0.15) is 24.2 Å². The molecule has 1 aromatic carbocycles. The molecule has 0 bridgehead atoms. The molecule has 0 saturated carbocycles. The molecule has 0 aromatic heterocycles. The standard InChI is InChI=1S/C22H34N4O7/c1-12(2)9-17(22(32)33)25-20(30)16(10-14-7-5-4-6-8-14)24-21(31)18(13(3)28)26-19(29)15(23)11-27/h4-8,12-13,15-18,27-28H,9-11,23H2,1-3H3,(H,24,31)(H,25,30)(H,26,29)(H,32,33). The first-order chi connectivity index (χ1) is 15.5.